The zero-order chi connectivity index (χ0) is 25.4. The van der Waals surface area contributed by atoms with Gasteiger partial charge in [-0.3, -0.25) is 14.4 Å². The van der Waals surface area contributed by atoms with Crippen molar-refractivity contribution in [1.82, 2.24) is 0 Å². The Morgan fingerprint density at radius 2 is 1.44 bits per heavy atom. The summed E-state index contributed by atoms with van der Waals surface area (Å²) in [6, 6.07) is 19.0. The van der Waals surface area contributed by atoms with Crippen molar-refractivity contribution >= 4 is 23.2 Å². The average molecular weight is 491 g/mol. The second-order valence-corrected chi connectivity index (χ2v) is 8.29. The zero-order valence-corrected chi connectivity index (χ0v) is 20.3. The van der Waals surface area contributed by atoms with Crippen molar-refractivity contribution in [2.45, 2.75) is 12.1 Å². The quantitative estimate of drug-likeness (QED) is 0.463. The van der Waals surface area contributed by atoms with E-state index in [-0.39, 0.29) is 5.91 Å². The van der Waals surface area contributed by atoms with Gasteiger partial charge in [0, 0.05) is 11.6 Å². The lowest BCUT2D eigenvalue weighted by molar-refractivity contribution is -0.126. The van der Waals surface area contributed by atoms with Crippen LogP contribution in [-0.4, -0.2) is 46.4 Å². The Kier molecular flexibility index (Phi) is 6.15. The largest absolute Gasteiger partial charge is 0.497 e. The summed E-state index contributed by atoms with van der Waals surface area (Å²) >= 11 is 0. The number of hydroxylamine groups is 1. The van der Waals surface area contributed by atoms with E-state index in [2.05, 4.69) is 0 Å². The van der Waals surface area contributed by atoms with Crippen LogP contribution >= 0.6 is 0 Å². The third-order valence-electron chi connectivity index (χ3n) is 6.49. The van der Waals surface area contributed by atoms with Crippen LogP contribution in [0.4, 0.5) is 11.4 Å². The molecule has 2 saturated heterocycles. The fraction of sp³-hybridized carbons (Fsp3) is 0.259. The molecule has 2 heterocycles. The highest BCUT2D eigenvalue weighted by Crippen LogP contribution is 2.52. The van der Waals surface area contributed by atoms with Crippen LogP contribution in [0.2, 0.25) is 0 Å². The van der Waals surface area contributed by atoms with Crippen molar-refractivity contribution in [2.75, 3.05) is 38.4 Å². The molecule has 0 saturated carbocycles. The molecule has 2 aliphatic rings. The number of hydrogen-bond donors (Lipinski definition) is 0. The molecule has 0 radical (unpaired) electrons. The highest BCUT2D eigenvalue weighted by atomic mass is 16.7. The SMILES string of the molecule is COc1cccc(N2C(=O)[C@H]3[C@H](ON(c4ccccc4)[C@@H]3c3ccc(OC)c(OC)c3OC)C2=O)c1. The van der Waals surface area contributed by atoms with Gasteiger partial charge in [0.1, 0.15) is 17.7 Å². The Bertz CT molecular complexity index is 1300. The topological polar surface area (TPSA) is 86.8 Å². The third kappa shape index (κ3) is 3.59. The number of para-hydroxylation sites is 1. The van der Waals surface area contributed by atoms with Crippen molar-refractivity contribution in [3.8, 4) is 23.0 Å². The number of anilines is 2. The number of hydrogen-bond acceptors (Lipinski definition) is 8. The minimum Gasteiger partial charge on any atom is -0.497 e. The predicted octanol–water partition coefficient (Wildman–Crippen LogP) is 3.77. The molecule has 3 atom stereocenters. The third-order valence-corrected chi connectivity index (χ3v) is 6.49. The second kappa shape index (κ2) is 9.43. The number of rotatable bonds is 7. The van der Waals surface area contributed by atoms with Gasteiger partial charge in [-0.1, -0.05) is 24.3 Å². The van der Waals surface area contributed by atoms with Crippen LogP contribution in [0.15, 0.2) is 66.7 Å². The van der Waals surface area contributed by atoms with Crippen molar-refractivity contribution in [1.29, 1.82) is 0 Å². The summed E-state index contributed by atoms with van der Waals surface area (Å²) in [5.41, 5.74) is 1.74. The van der Waals surface area contributed by atoms with E-state index >= 15 is 0 Å². The maximum absolute atomic E-state index is 13.9. The van der Waals surface area contributed by atoms with Gasteiger partial charge in [-0.25, -0.2) is 9.96 Å². The number of methoxy groups -OCH3 is 4. The van der Waals surface area contributed by atoms with E-state index in [1.165, 1.54) is 33.3 Å². The molecule has 0 aromatic heterocycles. The molecule has 0 N–H and O–H groups in total. The molecule has 0 spiro atoms. The van der Waals surface area contributed by atoms with E-state index in [0.29, 0.717) is 39.9 Å². The maximum Gasteiger partial charge on any atom is 0.266 e. The molecular weight excluding hydrogens is 464 g/mol. The second-order valence-electron chi connectivity index (χ2n) is 8.29. The first-order valence-corrected chi connectivity index (χ1v) is 11.4. The molecule has 2 aliphatic heterocycles. The van der Waals surface area contributed by atoms with Crippen LogP contribution in [0.3, 0.4) is 0 Å². The first-order chi connectivity index (χ1) is 17.5. The van der Waals surface area contributed by atoms with Gasteiger partial charge in [-0.2, -0.15) is 0 Å². The minimum atomic E-state index is -1.02. The molecule has 5 rings (SSSR count). The smallest absolute Gasteiger partial charge is 0.266 e. The Labute approximate surface area is 208 Å². The first kappa shape index (κ1) is 23.5. The summed E-state index contributed by atoms with van der Waals surface area (Å²) < 4.78 is 22.1. The fourth-order valence-corrected chi connectivity index (χ4v) is 4.89. The number of imide groups is 1. The monoisotopic (exact) mass is 490 g/mol. The van der Waals surface area contributed by atoms with Gasteiger partial charge in [-0.05, 0) is 36.4 Å². The van der Waals surface area contributed by atoms with Crippen LogP contribution in [0.25, 0.3) is 0 Å². The number of nitrogens with zero attached hydrogens (tertiary/aromatic N) is 2. The minimum absolute atomic E-state index is 0.376. The summed E-state index contributed by atoms with van der Waals surface area (Å²) in [5, 5.41) is 1.61. The van der Waals surface area contributed by atoms with Gasteiger partial charge >= 0.3 is 0 Å². The number of fused-ring (bicyclic) bond motifs is 1. The van der Waals surface area contributed by atoms with Crippen LogP contribution in [0.5, 0.6) is 23.0 Å². The molecule has 2 fully saturated rings. The van der Waals surface area contributed by atoms with Gasteiger partial charge in [0.05, 0.1) is 39.8 Å². The molecule has 0 unspecified atom stereocenters. The van der Waals surface area contributed by atoms with E-state index < -0.39 is 24.0 Å². The lowest BCUT2D eigenvalue weighted by Crippen LogP contribution is -2.37. The van der Waals surface area contributed by atoms with Crippen molar-refractivity contribution in [2.24, 2.45) is 5.92 Å². The maximum atomic E-state index is 13.9. The highest BCUT2D eigenvalue weighted by molar-refractivity contribution is 6.24. The molecule has 0 aliphatic carbocycles. The van der Waals surface area contributed by atoms with Crippen molar-refractivity contribution in [3.63, 3.8) is 0 Å². The van der Waals surface area contributed by atoms with E-state index in [4.69, 9.17) is 23.8 Å². The highest BCUT2D eigenvalue weighted by Gasteiger charge is 2.61. The molecule has 9 heteroatoms. The molecule has 0 bridgehead atoms. The molecular formula is C27H26N2O7. The van der Waals surface area contributed by atoms with Gasteiger partial charge in [0.15, 0.2) is 17.6 Å². The summed E-state index contributed by atoms with van der Waals surface area (Å²) in [7, 11) is 6.10. The number of ether oxygens (including phenoxy) is 4. The number of carbonyl (C=O) groups excluding carboxylic acids is 2. The van der Waals surface area contributed by atoms with E-state index in [1.807, 2.05) is 30.3 Å². The predicted molar refractivity (Wildman–Crippen MR) is 132 cm³/mol. The molecule has 36 heavy (non-hydrogen) atoms. The van der Waals surface area contributed by atoms with Gasteiger partial charge in [-0.15, -0.1) is 0 Å². The normalized spacial score (nSPS) is 20.9. The Balaban J connectivity index is 1.65. The average Bonchev–Trinajstić information content (AvgIpc) is 3.43. The Morgan fingerprint density at radius 3 is 2.11 bits per heavy atom. The number of carbonyl (C=O) groups is 2. The van der Waals surface area contributed by atoms with Gasteiger partial charge < -0.3 is 18.9 Å². The van der Waals surface area contributed by atoms with Crippen molar-refractivity contribution in [3.05, 3.63) is 72.3 Å². The summed E-state index contributed by atoms with van der Waals surface area (Å²) in [4.78, 5) is 34.9. The molecule has 2 amide bonds. The van der Waals surface area contributed by atoms with E-state index in [1.54, 1.807) is 41.5 Å². The van der Waals surface area contributed by atoms with Gasteiger partial charge in [0.2, 0.25) is 11.7 Å². The lowest BCUT2D eigenvalue weighted by Gasteiger charge is -2.30. The first-order valence-electron chi connectivity index (χ1n) is 11.4. The van der Waals surface area contributed by atoms with Crippen LogP contribution in [-0.2, 0) is 14.4 Å². The molecule has 9 nitrogen and oxygen atoms in total. The number of benzene rings is 3. The standard InChI is InChI=1S/C27H26N2O7/c1-32-18-12-8-11-17(15-18)28-26(30)21-22(19-13-14-20(33-2)24(35-4)23(19)34-3)29(36-25(21)27(28)31)16-9-6-5-7-10-16/h5-15,21-22,25H,1-4H3/t21-,22-,25+/m1/s1. The summed E-state index contributed by atoms with van der Waals surface area (Å²) in [6.07, 6.45) is -1.02. The van der Waals surface area contributed by atoms with Crippen LogP contribution in [0.1, 0.15) is 11.6 Å². The zero-order valence-electron chi connectivity index (χ0n) is 20.3. The Morgan fingerprint density at radius 1 is 0.722 bits per heavy atom. The summed E-state index contributed by atoms with van der Waals surface area (Å²) in [5.74, 6) is 0.139. The van der Waals surface area contributed by atoms with Crippen molar-refractivity contribution < 1.29 is 33.4 Å². The Hall–Kier alpha value is -4.24. The number of amides is 2. The fourth-order valence-electron chi connectivity index (χ4n) is 4.89. The summed E-state index contributed by atoms with van der Waals surface area (Å²) in [6.45, 7) is 0. The van der Waals surface area contributed by atoms with Crippen LogP contribution < -0.4 is 28.9 Å². The van der Waals surface area contributed by atoms with E-state index in [0.717, 1.165) is 0 Å². The van der Waals surface area contributed by atoms with E-state index in [9.17, 15) is 9.59 Å². The van der Waals surface area contributed by atoms with Gasteiger partial charge in [0.25, 0.3) is 5.91 Å². The molecule has 3 aromatic rings. The van der Waals surface area contributed by atoms with Crippen LogP contribution in [0, 0.1) is 5.92 Å². The lowest BCUT2D eigenvalue weighted by atomic mass is 9.89. The molecule has 3 aromatic carbocycles. The molecule has 186 valence electrons.